The molecule has 0 saturated heterocycles. The van der Waals surface area contributed by atoms with Gasteiger partial charge in [-0.3, -0.25) is 9.79 Å². The minimum Gasteiger partial charge on any atom is -0.356 e. The Balaban J connectivity index is 0.00000338. The lowest BCUT2D eigenvalue weighted by atomic mass is 9.89. The molecule has 1 fully saturated rings. The van der Waals surface area contributed by atoms with Gasteiger partial charge in [-0.15, -0.1) is 24.0 Å². The summed E-state index contributed by atoms with van der Waals surface area (Å²) in [5.74, 6) is 0.838. The van der Waals surface area contributed by atoms with Crippen LogP contribution in [-0.4, -0.2) is 38.5 Å². The number of hydrogen-bond donors (Lipinski definition) is 3. The summed E-state index contributed by atoms with van der Waals surface area (Å²) in [6.07, 6.45) is 6.33. The first-order valence-electron chi connectivity index (χ1n) is 9.15. The van der Waals surface area contributed by atoms with Crippen LogP contribution in [0.15, 0.2) is 29.3 Å². The van der Waals surface area contributed by atoms with E-state index in [2.05, 4.69) is 20.9 Å². The minimum absolute atomic E-state index is 0. The van der Waals surface area contributed by atoms with Gasteiger partial charge in [0.1, 0.15) is 5.82 Å². The van der Waals surface area contributed by atoms with Crippen LogP contribution >= 0.6 is 24.0 Å². The van der Waals surface area contributed by atoms with E-state index in [0.717, 1.165) is 37.7 Å². The number of nitrogens with zero attached hydrogens (tertiary/aromatic N) is 1. The second-order valence-electron chi connectivity index (χ2n) is 6.43. The van der Waals surface area contributed by atoms with E-state index >= 15 is 0 Å². The maximum absolute atomic E-state index is 13.1. The number of carbonyl (C=O) groups excluding carboxylic acids is 1. The lowest BCUT2D eigenvalue weighted by Gasteiger charge is -2.21. The first-order valence-corrected chi connectivity index (χ1v) is 9.15. The monoisotopic (exact) mass is 476 g/mol. The molecule has 26 heavy (non-hydrogen) atoms. The van der Waals surface area contributed by atoms with Crippen molar-refractivity contribution < 1.29 is 9.18 Å². The smallest absolute Gasteiger partial charge is 0.223 e. The first-order chi connectivity index (χ1) is 12.2. The molecule has 1 saturated carbocycles. The van der Waals surface area contributed by atoms with Crippen LogP contribution in [-0.2, 0) is 11.2 Å². The van der Waals surface area contributed by atoms with Crippen LogP contribution in [0, 0.1) is 11.7 Å². The summed E-state index contributed by atoms with van der Waals surface area (Å²) in [5, 5.41) is 9.36. The standard InChI is InChI=1S/C19H29FN4O.HI/c1-21-19(23-11-10-15-6-5-9-17(20)14-15)24-13-12-22-18(25)16-7-3-2-4-8-16;/h5-6,9,14,16H,2-4,7-8,10-13H2,1H3,(H,22,25)(H2,21,23,24);1H. The van der Waals surface area contributed by atoms with E-state index in [1.807, 2.05) is 6.07 Å². The average molecular weight is 476 g/mol. The average Bonchev–Trinajstić information content (AvgIpc) is 2.64. The molecule has 1 aromatic rings. The normalized spacial score (nSPS) is 15.1. The fourth-order valence-electron chi connectivity index (χ4n) is 3.11. The maximum Gasteiger partial charge on any atom is 0.223 e. The number of aliphatic imine (C=N–C) groups is 1. The molecular weight excluding hydrogens is 446 g/mol. The number of hydrogen-bond acceptors (Lipinski definition) is 2. The van der Waals surface area contributed by atoms with Gasteiger partial charge in [0.05, 0.1) is 0 Å². The Morgan fingerprint density at radius 2 is 1.81 bits per heavy atom. The predicted octanol–water partition coefficient (Wildman–Crippen LogP) is 2.85. The Labute approximate surface area is 172 Å². The van der Waals surface area contributed by atoms with Crippen molar-refractivity contribution in [1.82, 2.24) is 16.0 Å². The van der Waals surface area contributed by atoms with Gasteiger partial charge < -0.3 is 16.0 Å². The van der Waals surface area contributed by atoms with E-state index in [4.69, 9.17) is 0 Å². The predicted molar refractivity (Wildman–Crippen MR) is 114 cm³/mol. The van der Waals surface area contributed by atoms with E-state index < -0.39 is 0 Å². The van der Waals surface area contributed by atoms with Gasteiger partial charge in [0.2, 0.25) is 5.91 Å². The first kappa shape index (κ1) is 22.7. The van der Waals surface area contributed by atoms with Crippen LogP contribution in [0.1, 0.15) is 37.7 Å². The number of guanidine groups is 1. The van der Waals surface area contributed by atoms with E-state index in [0.29, 0.717) is 25.6 Å². The summed E-state index contributed by atoms with van der Waals surface area (Å²) in [6.45, 7) is 1.87. The maximum atomic E-state index is 13.1. The Morgan fingerprint density at radius 1 is 1.12 bits per heavy atom. The molecule has 0 heterocycles. The Morgan fingerprint density at radius 3 is 2.50 bits per heavy atom. The lowest BCUT2D eigenvalue weighted by molar-refractivity contribution is -0.125. The Bertz CT molecular complexity index is 576. The van der Waals surface area contributed by atoms with Crippen molar-refractivity contribution in [3.8, 4) is 0 Å². The zero-order chi connectivity index (χ0) is 17.9. The molecule has 1 aliphatic rings. The van der Waals surface area contributed by atoms with Crippen molar-refractivity contribution in [3.05, 3.63) is 35.6 Å². The molecule has 0 bridgehead atoms. The van der Waals surface area contributed by atoms with Gasteiger partial charge in [0.15, 0.2) is 5.96 Å². The summed E-state index contributed by atoms with van der Waals surface area (Å²) >= 11 is 0. The number of amides is 1. The quantitative estimate of drug-likeness (QED) is 0.246. The molecule has 0 radical (unpaired) electrons. The van der Waals surface area contributed by atoms with Crippen LogP contribution in [0.25, 0.3) is 0 Å². The minimum atomic E-state index is -0.214. The van der Waals surface area contributed by atoms with Gasteiger partial charge in [-0.2, -0.15) is 0 Å². The van der Waals surface area contributed by atoms with Crippen LogP contribution in [0.3, 0.4) is 0 Å². The van der Waals surface area contributed by atoms with Gasteiger partial charge >= 0.3 is 0 Å². The topological polar surface area (TPSA) is 65.5 Å². The largest absolute Gasteiger partial charge is 0.356 e. The number of nitrogens with one attached hydrogen (secondary N) is 3. The van der Waals surface area contributed by atoms with Gasteiger partial charge in [-0.25, -0.2) is 4.39 Å². The Hall–Kier alpha value is -1.38. The summed E-state index contributed by atoms with van der Waals surface area (Å²) in [4.78, 5) is 16.2. The molecule has 146 valence electrons. The molecule has 1 aliphatic carbocycles. The third kappa shape index (κ3) is 8.33. The highest BCUT2D eigenvalue weighted by Crippen LogP contribution is 2.23. The summed E-state index contributed by atoms with van der Waals surface area (Å²) in [7, 11) is 1.71. The van der Waals surface area contributed by atoms with Gasteiger partial charge in [-0.05, 0) is 37.0 Å². The van der Waals surface area contributed by atoms with E-state index in [-0.39, 0.29) is 41.6 Å². The number of rotatable bonds is 7. The molecule has 0 aliphatic heterocycles. The second-order valence-corrected chi connectivity index (χ2v) is 6.43. The van der Waals surface area contributed by atoms with Crippen LogP contribution < -0.4 is 16.0 Å². The number of carbonyl (C=O) groups is 1. The number of benzene rings is 1. The molecule has 1 amide bonds. The third-order valence-electron chi connectivity index (χ3n) is 4.51. The van der Waals surface area contributed by atoms with E-state index in [1.54, 1.807) is 19.2 Å². The highest BCUT2D eigenvalue weighted by molar-refractivity contribution is 14.0. The fraction of sp³-hybridized carbons (Fsp3) is 0.579. The zero-order valence-corrected chi connectivity index (χ0v) is 17.7. The van der Waals surface area contributed by atoms with Crippen LogP contribution in [0.2, 0.25) is 0 Å². The van der Waals surface area contributed by atoms with E-state index in [9.17, 15) is 9.18 Å². The molecule has 0 unspecified atom stereocenters. The Kier molecular flexibility index (Phi) is 11.2. The molecule has 0 atom stereocenters. The van der Waals surface area contributed by atoms with Crippen molar-refractivity contribution in [3.63, 3.8) is 0 Å². The summed E-state index contributed by atoms with van der Waals surface area (Å²) in [6, 6.07) is 6.60. The van der Waals surface area contributed by atoms with Crippen molar-refractivity contribution in [2.75, 3.05) is 26.7 Å². The zero-order valence-electron chi connectivity index (χ0n) is 15.4. The van der Waals surface area contributed by atoms with Gasteiger partial charge in [0, 0.05) is 32.6 Å². The van der Waals surface area contributed by atoms with Crippen molar-refractivity contribution >= 4 is 35.8 Å². The highest BCUT2D eigenvalue weighted by atomic mass is 127. The van der Waals surface area contributed by atoms with Crippen molar-refractivity contribution in [1.29, 1.82) is 0 Å². The molecule has 1 aromatic carbocycles. The third-order valence-corrected chi connectivity index (χ3v) is 4.51. The molecule has 3 N–H and O–H groups in total. The van der Waals surface area contributed by atoms with Crippen molar-refractivity contribution in [2.24, 2.45) is 10.9 Å². The number of halogens is 2. The van der Waals surface area contributed by atoms with E-state index in [1.165, 1.54) is 12.5 Å². The molecule has 0 spiro atoms. The SMILES string of the molecule is CN=C(NCCNC(=O)C1CCCCC1)NCCc1cccc(F)c1.I. The van der Waals surface area contributed by atoms with Crippen LogP contribution in [0.4, 0.5) is 4.39 Å². The fourth-order valence-corrected chi connectivity index (χ4v) is 3.11. The molecule has 5 nitrogen and oxygen atoms in total. The van der Waals surface area contributed by atoms with Crippen molar-refractivity contribution in [2.45, 2.75) is 38.5 Å². The molecule has 7 heteroatoms. The lowest BCUT2D eigenvalue weighted by Crippen LogP contribution is -2.43. The van der Waals surface area contributed by atoms with Gasteiger partial charge in [0.25, 0.3) is 0 Å². The van der Waals surface area contributed by atoms with Crippen LogP contribution in [0.5, 0.6) is 0 Å². The summed E-state index contributed by atoms with van der Waals surface area (Å²) < 4.78 is 13.1. The molecule has 0 aromatic heterocycles. The van der Waals surface area contributed by atoms with Gasteiger partial charge in [-0.1, -0.05) is 31.4 Å². The summed E-state index contributed by atoms with van der Waals surface area (Å²) in [5.41, 5.74) is 0.947. The molecule has 2 rings (SSSR count). The molecular formula is C19H30FIN4O. The highest BCUT2D eigenvalue weighted by Gasteiger charge is 2.20. The second kappa shape index (κ2) is 12.9.